The molecule has 0 aliphatic heterocycles. The number of hydrogen-bond donors (Lipinski definition) is 0. The molecule has 0 unspecified atom stereocenters. The number of nitrogens with zero attached hydrogens (tertiary/aromatic N) is 3. The van der Waals surface area contributed by atoms with Crippen molar-refractivity contribution in [1.29, 1.82) is 0 Å². The molecule has 0 fully saturated rings. The molecule has 4 aromatic rings. The Morgan fingerprint density at radius 1 is 0.656 bits per heavy atom. The summed E-state index contributed by atoms with van der Waals surface area (Å²) in [5, 5.41) is 8.08. The van der Waals surface area contributed by atoms with Gasteiger partial charge in [0.25, 0.3) is 0 Å². The van der Waals surface area contributed by atoms with E-state index in [0.29, 0.717) is 6.01 Å². The Morgan fingerprint density at radius 2 is 1.06 bits per heavy atom. The standard InChI is InChI=1S/C26H31N3OSi2/c1-4-31(5-2,6-3)29(26-27-22-28-30-26)32(23-16-10-7-11-17-23,24-18-12-8-13-19-24)25-20-14-9-15-21-25/h7-22H,4-6H2,1-3H3. The van der Waals surface area contributed by atoms with Gasteiger partial charge < -0.3 is 8.75 Å². The minimum absolute atomic E-state index is 0.658. The van der Waals surface area contributed by atoms with Crippen LogP contribution in [0, 0.1) is 0 Å². The van der Waals surface area contributed by atoms with Crippen molar-refractivity contribution in [2.45, 2.75) is 38.9 Å². The fraction of sp³-hybridized carbons (Fsp3) is 0.231. The van der Waals surface area contributed by atoms with Crippen molar-refractivity contribution in [3.05, 3.63) is 97.3 Å². The molecular weight excluding hydrogens is 426 g/mol. The summed E-state index contributed by atoms with van der Waals surface area (Å²) in [5.74, 6) is 0. The first-order valence-electron chi connectivity index (χ1n) is 11.5. The predicted octanol–water partition coefficient (Wildman–Crippen LogP) is 4.55. The van der Waals surface area contributed by atoms with Crippen LogP contribution in [-0.4, -0.2) is 26.6 Å². The zero-order valence-electron chi connectivity index (χ0n) is 19.1. The van der Waals surface area contributed by atoms with E-state index in [4.69, 9.17) is 4.52 Å². The second-order valence-corrected chi connectivity index (χ2v) is 17.2. The molecule has 0 aliphatic carbocycles. The molecule has 164 valence electrons. The molecule has 32 heavy (non-hydrogen) atoms. The second kappa shape index (κ2) is 9.67. The summed E-state index contributed by atoms with van der Waals surface area (Å²) in [6, 6.07) is 36.9. The van der Waals surface area contributed by atoms with Crippen molar-refractivity contribution >= 4 is 38.0 Å². The van der Waals surface area contributed by atoms with E-state index in [0.717, 1.165) is 18.1 Å². The van der Waals surface area contributed by atoms with Crippen LogP contribution in [0.3, 0.4) is 0 Å². The monoisotopic (exact) mass is 457 g/mol. The van der Waals surface area contributed by atoms with E-state index in [1.807, 2.05) is 0 Å². The summed E-state index contributed by atoms with van der Waals surface area (Å²) in [6.45, 7) is 7.01. The number of anilines is 1. The number of hydrogen-bond acceptors (Lipinski definition) is 4. The summed E-state index contributed by atoms with van der Waals surface area (Å²) in [4.78, 5) is 4.69. The van der Waals surface area contributed by atoms with Crippen molar-refractivity contribution in [3.8, 4) is 0 Å². The molecule has 6 heteroatoms. The maximum Gasteiger partial charge on any atom is 0.308 e. The first kappa shape index (κ1) is 22.2. The van der Waals surface area contributed by atoms with Gasteiger partial charge in [0.2, 0.25) is 8.24 Å². The Balaban J connectivity index is 2.19. The highest BCUT2D eigenvalue weighted by Crippen LogP contribution is 2.34. The van der Waals surface area contributed by atoms with Crippen LogP contribution in [0.25, 0.3) is 0 Å². The number of aromatic nitrogens is 2. The van der Waals surface area contributed by atoms with Gasteiger partial charge >= 0.3 is 6.01 Å². The van der Waals surface area contributed by atoms with Crippen molar-refractivity contribution in [1.82, 2.24) is 10.1 Å². The Bertz CT molecular complexity index is 981. The van der Waals surface area contributed by atoms with Gasteiger partial charge in [-0.3, -0.25) is 0 Å². The fourth-order valence-corrected chi connectivity index (χ4v) is 17.7. The third-order valence-electron chi connectivity index (χ3n) is 6.90. The van der Waals surface area contributed by atoms with E-state index in [1.165, 1.54) is 15.6 Å². The van der Waals surface area contributed by atoms with E-state index in [1.54, 1.807) is 6.33 Å². The lowest BCUT2D eigenvalue weighted by atomic mass is 10.3. The zero-order chi connectivity index (χ0) is 22.4. The molecule has 0 radical (unpaired) electrons. The molecule has 0 N–H and O–H groups in total. The van der Waals surface area contributed by atoms with Gasteiger partial charge in [-0.2, -0.15) is 4.98 Å². The van der Waals surface area contributed by atoms with Gasteiger partial charge in [-0.15, -0.1) is 0 Å². The van der Waals surface area contributed by atoms with Crippen molar-refractivity contribution in [3.63, 3.8) is 0 Å². The first-order valence-corrected chi connectivity index (χ1v) is 16.0. The van der Waals surface area contributed by atoms with Crippen molar-refractivity contribution in [2.75, 3.05) is 4.23 Å². The molecule has 0 bridgehead atoms. The maximum atomic E-state index is 5.91. The van der Waals surface area contributed by atoms with Crippen LogP contribution in [0.5, 0.6) is 0 Å². The molecule has 1 heterocycles. The minimum Gasteiger partial charge on any atom is -0.366 e. The lowest BCUT2D eigenvalue weighted by Gasteiger charge is -2.52. The molecule has 4 nitrogen and oxygen atoms in total. The van der Waals surface area contributed by atoms with Gasteiger partial charge in [0.15, 0.2) is 14.6 Å². The van der Waals surface area contributed by atoms with Crippen molar-refractivity contribution in [2.24, 2.45) is 0 Å². The normalized spacial score (nSPS) is 12.0. The smallest absolute Gasteiger partial charge is 0.308 e. The average molecular weight is 458 g/mol. The fourth-order valence-electron chi connectivity index (χ4n) is 5.12. The molecule has 1 aromatic heterocycles. The first-order chi connectivity index (χ1) is 15.7. The van der Waals surface area contributed by atoms with Crippen LogP contribution in [0.1, 0.15) is 20.8 Å². The van der Waals surface area contributed by atoms with Crippen LogP contribution >= 0.6 is 0 Å². The van der Waals surface area contributed by atoms with Crippen LogP contribution < -0.4 is 19.8 Å². The molecule has 0 saturated heterocycles. The van der Waals surface area contributed by atoms with Crippen LogP contribution in [0.2, 0.25) is 18.1 Å². The highest BCUT2D eigenvalue weighted by Gasteiger charge is 2.55. The SMILES string of the molecule is CC[Si](CC)(CC)N(c1ncno1)[Si](c1ccccc1)(c1ccccc1)c1ccccc1. The zero-order valence-corrected chi connectivity index (χ0v) is 21.1. The molecule has 0 spiro atoms. The van der Waals surface area contributed by atoms with E-state index >= 15 is 0 Å². The quantitative estimate of drug-likeness (QED) is 0.273. The Hall–Kier alpha value is -2.97. The van der Waals surface area contributed by atoms with Crippen LogP contribution in [0.4, 0.5) is 6.01 Å². The van der Waals surface area contributed by atoms with Crippen molar-refractivity contribution < 1.29 is 4.52 Å². The lowest BCUT2D eigenvalue weighted by Crippen LogP contribution is -2.83. The number of benzene rings is 3. The lowest BCUT2D eigenvalue weighted by molar-refractivity contribution is 0.428. The van der Waals surface area contributed by atoms with E-state index in [2.05, 4.69) is 126 Å². The minimum atomic E-state index is -2.76. The Labute approximate surface area is 193 Å². The molecule has 0 amide bonds. The van der Waals surface area contributed by atoms with Gasteiger partial charge in [0, 0.05) is 0 Å². The summed E-state index contributed by atoms with van der Waals surface area (Å²) in [7, 11) is -4.79. The summed E-state index contributed by atoms with van der Waals surface area (Å²) >= 11 is 0. The average Bonchev–Trinajstić information content (AvgIpc) is 3.41. The third kappa shape index (κ3) is 3.63. The van der Waals surface area contributed by atoms with E-state index < -0.39 is 16.5 Å². The molecule has 0 saturated carbocycles. The largest absolute Gasteiger partial charge is 0.366 e. The van der Waals surface area contributed by atoms with Gasteiger partial charge in [-0.25, -0.2) is 0 Å². The predicted molar refractivity (Wildman–Crippen MR) is 138 cm³/mol. The summed E-state index contributed by atoms with van der Waals surface area (Å²) in [5.41, 5.74) is 0. The molecule has 4 rings (SSSR count). The summed E-state index contributed by atoms with van der Waals surface area (Å²) in [6.07, 6.45) is 1.54. The van der Waals surface area contributed by atoms with Gasteiger partial charge in [-0.05, 0) is 33.7 Å². The van der Waals surface area contributed by atoms with E-state index in [9.17, 15) is 0 Å². The summed E-state index contributed by atoms with van der Waals surface area (Å²) < 4.78 is 8.59. The highest BCUT2D eigenvalue weighted by atomic mass is 28.4. The van der Waals surface area contributed by atoms with Gasteiger partial charge in [-0.1, -0.05) is 117 Å². The van der Waals surface area contributed by atoms with Crippen LogP contribution in [0.15, 0.2) is 102 Å². The van der Waals surface area contributed by atoms with Gasteiger partial charge in [0.1, 0.15) is 0 Å². The Morgan fingerprint density at radius 3 is 1.38 bits per heavy atom. The third-order valence-corrected chi connectivity index (χ3v) is 18.8. The van der Waals surface area contributed by atoms with Gasteiger partial charge in [0.05, 0.1) is 0 Å². The highest BCUT2D eigenvalue weighted by molar-refractivity contribution is 7.21. The Kier molecular flexibility index (Phi) is 6.72. The molecule has 3 aromatic carbocycles. The van der Waals surface area contributed by atoms with Crippen LogP contribution in [-0.2, 0) is 0 Å². The maximum absolute atomic E-state index is 5.91. The number of rotatable bonds is 9. The topological polar surface area (TPSA) is 42.2 Å². The molecular formula is C26H31N3OSi2. The van der Waals surface area contributed by atoms with E-state index in [-0.39, 0.29) is 0 Å². The molecule has 0 atom stereocenters. The molecule has 0 aliphatic rings. The second-order valence-electron chi connectivity index (χ2n) is 8.15.